The lowest BCUT2D eigenvalue weighted by molar-refractivity contribution is -0.149. The third-order valence-corrected chi connectivity index (χ3v) is 3.92. The Kier molecular flexibility index (Phi) is 6.64. The lowest BCUT2D eigenvalue weighted by atomic mass is 9.96. The summed E-state index contributed by atoms with van der Waals surface area (Å²) in [7, 11) is 1.46. The summed E-state index contributed by atoms with van der Waals surface area (Å²) in [5.41, 5.74) is 5.52. The van der Waals surface area contributed by atoms with Crippen LogP contribution in [0.15, 0.2) is 0 Å². The largest absolute Gasteiger partial charge is 0.344 e. The monoisotopic (exact) mass is 283 g/mol. The molecule has 1 fully saturated rings. The average Bonchev–Trinajstić information content (AvgIpc) is 2.44. The number of piperidine rings is 1. The van der Waals surface area contributed by atoms with Crippen molar-refractivity contribution < 1.29 is 14.4 Å². The second kappa shape index (κ2) is 7.99. The van der Waals surface area contributed by atoms with E-state index in [-0.39, 0.29) is 17.7 Å². The van der Waals surface area contributed by atoms with E-state index in [1.165, 1.54) is 7.05 Å². The van der Waals surface area contributed by atoms with Gasteiger partial charge in [-0.15, -0.1) is 0 Å². The molecule has 2 unspecified atom stereocenters. The van der Waals surface area contributed by atoms with Gasteiger partial charge >= 0.3 is 0 Å². The fourth-order valence-corrected chi connectivity index (χ4v) is 2.44. The number of imide groups is 1. The Labute approximate surface area is 120 Å². The van der Waals surface area contributed by atoms with Gasteiger partial charge in [-0.3, -0.25) is 19.3 Å². The maximum Gasteiger partial charge on any atom is 0.251 e. The van der Waals surface area contributed by atoms with Crippen molar-refractivity contribution >= 4 is 17.7 Å². The SMILES string of the molecule is CCC(CCN)CCC(=O)NC1CCC(=O)N(C)C1=O. The van der Waals surface area contributed by atoms with Crippen molar-refractivity contribution in [1.82, 2.24) is 10.2 Å². The highest BCUT2D eigenvalue weighted by Gasteiger charge is 2.32. The molecule has 0 saturated carbocycles. The first kappa shape index (κ1) is 16.6. The van der Waals surface area contributed by atoms with Crippen LogP contribution < -0.4 is 11.1 Å². The van der Waals surface area contributed by atoms with E-state index in [2.05, 4.69) is 12.2 Å². The molecule has 0 bridgehead atoms. The molecule has 3 amide bonds. The van der Waals surface area contributed by atoms with Crippen molar-refractivity contribution in [3.05, 3.63) is 0 Å². The van der Waals surface area contributed by atoms with Crippen molar-refractivity contribution in [2.45, 2.75) is 51.5 Å². The van der Waals surface area contributed by atoms with Crippen LogP contribution in [0.2, 0.25) is 0 Å². The van der Waals surface area contributed by atoms with Gasteiger partial charge in [0.1, 0.15) is 6.04 Å². The minimum atomic E-state index is -0.556. The normalized spacial score (nSPS) is 20.9. The summed E-state index contributed by atoms with van der Waals surface area (Å²) in [4.78, 5) is 36.2. The van der Waals surface area contributed by atoms with Gasteiger partial charge in [0.2, 0.25) is 11.8 Å². The van der Waals surface area contributed by atoms with Gasteiger partial charge in [0.15, 0.2) is 0 Å². The molecule has 0 radical (unpaired) electrons. The molecule has 1 aliphatic heterocycles. The summed E-state index contributed by atoms with van der Waals surface area (Å²) in [6.45, 7) is 2.72. The maximum absolute atomic E-state index is 11.9. The number of nitrogens with zero attached hydrogens (tertiary/aromatic N) is 1. The van der Waals surface area contributed by atoms with Crippen LogP contribution in [0.1, 0.15) is 45.4 Å². The molecule has 0 spiro atoms. The Morgan fingerprint density at radius 3 is 2.75 bits per heavy atom. The number of likely N-dealkylation sites (tertiary alicyclic amines) is 1. The minimum Gasteiger partial charge on any atom is -0.344 e. The Morgan fingerprint density at radius 2 is 2.15 bits per heavy atom. The number of carbonyl (C=O) groups is 3. The number of hydrogen-bond donors (Lipinski definition) is 2. The molecule has 6 nitrogen and oxygen atoms in total. The van der Waals surface area contributed by atoms with Crippen LogP contribution in [-0.2, 0) is 14.4 Å². The van der Waals surface area contributed by atoms with Crippen molar-refractivity contribution in [2.75, 3.05) is 13.6 Å². The van der Waals surface area contributed by atoms with Crippen molar-refractivity contribution in [1.29, 1.82) is 0 Å². The molecule has 1 heterocycles. The van der Waals surface area contributed by atoms with Gasteiger partial charge in [0.25, 0.3) is 5.91 Å². The number of rotatable bonds is 7. The Balaban J connectivity index is 2.38. The number of likely N-dealkylation sites (N-methyl/N-ethyl adjacent to an activating group) is 1. The van der Waals surface area contributed by atoms with Crippen LogP contribution in [0, 0.1) is 5.92 Å². The Bertz CT molecular complexity index is 371. The molecule has 3 N–H and O–H groups in total. The van der Waals surface area contributed by atoms with Crippen LogP contribution in [0.25, 0.3) is 0 Å². The molecular formula is C14H25N3O3. The highest BCUT2D eigenvalue weighted by Crippen LogP contribution is 2.15. The third kappa shape index (κ3) is 4.59. The van der Waals surface area contributed by atoms with Gasteiger partial charge < -0.3 is 11.1 Å². The van der Waals surface area contributed by atoms with Gasteiger partial charge in [0, 0.05) is 19.9 Å². The van der Waals surface area contributed by atoms with Crippen LogP contribution >= 0.6 is 0 Å². The molecule has 114 valence electrons. The molecule has 2 atom stereocenters. The average molecular weight is 283 g/mol. The summed E-state index contributed by atoms with van der Waals surface area (Å²) < 4.78 is 0. The Hall–Kier alpha value is -1.43. The molecular weight excluding hydrogens is 258 g/mol. The van der Waals surface area contributed by atoms with Gasteiger partial charge in [0.05, 0.1) is 0 Å². The standard InChI is InChI=1S/C14H25N3O3/c1-3-10(8-9-15)4-6-12(18)16-11-5-7-13(19)17(2)14(11)20/h10-11H,3-9,15H2,1-2H3,(H,16,18). The summed E-state index contributed by atoms with van der Waals surface area (Å²) in [5.74, 6) is -0.170. The van der Waals surface area contributed by atoms with Crippen molar-refractivity contribution in [3.8, 4) is 0 Å². The second-order valence-corrected chi connectivity index (χ2v) is 5.34. The second-order valence-electron chi connectivity index (χ2n) is 5.34. The van der Waals surface area contributed by atoms with Crippen LogP contribution in [0.3, 0.4) is 0 Å². The smallest absolute Gasteiger partial charge is 0.251 e. The Morgan fingerprint density at radius 1 is 1.45 bits per heavy atom. The molecule has 0 aromatic rings. The fourth-order valence-electron chi connectivity index (χ4n) is 2.44. The summed E-state index contributed by atoms with van der Waals surface area (Å²) in [5, 5.41) is 2.73. The highest BCUT2D eigenvalue weighted by molar-refractivity contribution is 6.01. The first-order chi connectivity index (χ1) is 9.49. The van der Waals surface area contributed by atoms with E-state index in [1.54, 1.807) is 0 Å². The molecule has 1 saturated heterocycles. The zero-order valence-electron chi connectivity index (χ0n) is 12.4. The lowest BCUT2D eigenvalue weighted by Crippen LogP contribution is -2.52. The lowest BCUT2D eigenvalue weighted by Gasteiger charge is -2.28. The summed E-state index contributed by atoms with van der Waals surface area (Å²) in [6.07, 6.45) is 3.81. The van der Waals surface area contributed by atoms with E-state index in [9.17, 15) is 14.4 Å². The molecule has 6 heteroatoms. The first-order valence-corrected chi connectivity index (χ1v) is 7.29. The molecule has 0 aromatic heterocycles. The summed E-state index contributed by atoms with van der Waals surface area (Å²) >= 11 is 0. The van der Waals surface area contributed by atoms with E-state index < -0.39 is 6.04 Å². The van der Waals surface area contributed by atoms with Gasteiger partial charge in [-0.2, -0.15) is 0 Å². The quantitative estimate of drug-likeness (QED) is 0.662. The van der Waals surface area contributed by atoms with E-state index in [1.807, 2.05) is 0 Å². The predicted molar refractivity (Wildman–Crippen MR) is 75.6 cm³/mol. The highest BCUT2D eigenvalue weighted by atomic mass is 16.2. The molecule has 20 heavy (non-hydrogen) atoms. The van der Waals surface area contributed by atoms with E-state index in [0.29, 0.717) is 31.7 Å². The molecule has 0 aromatic carbocycles. The van der Waals surface area contributed by atoms with Crippen LogP contribution in [-0.4, -0.2) is 42.3 Å². The zero-order chi connectivity index (χ0) is 15.1. The van der Waals surface area contributed by atoms with Crippen LogP contribution in [0.4, 0.5) is 0 Å². The number of carbonyl (C=O) groups excluding carboxylic acids is 3. The fraction of sp³-hybridized carbons (Fsp3) is 0.786. The number of nitrogens with one attached hydrogen (secondary N) is 1. The van der Waals surface area contributed by atoms with Gasteiger partial charge in [-0.05, 0) is 31.7 Å². The van der Waals surface area contributed by atoms with Gasteiger partial charge in [-0.1, -0.05) is 13.3 Å². The topological polar surface area (TPSA) is 92.5 Å². The third-order valence-electron chi connectivity index (χ3n) is 3.92. The number of hydrogen-bond acceptors (Lipinski definition) is 4. The number of nitrogens with two attached hydrogens (primary N) is 1. The van der Waals surface area contributed by atoms with E-state index in [4.69, 9.17) is 5.73 Å². The van der Waals surface area contributed by atoms with Crippen molar-refractivity contribution in [2.24, 2.45) is 11.7 Å². The molecule has 1 rings (SSSR count). The maximum atomic E-state index is 11.9. The van der Waals surface area contributed by atoms with Gasteiger partial charge in [-0.25, -0.2) is 0 Å². The first-order valence-electron chi connectivity index (χ1n) is 7.29. The zero-order valence-corrected chi connectivity index (χ0v) is 12.4. The van der Waals surface area contributed by atoms with E-state index in [0.717, 1.165) is 24.2 Å². The van der Waals surface area contributed by atoms with Crippen molar-refractivity contribution in [3.63, 3.8) is 0 Å². The summed E-state index contributed by atoms with van der Waals surface area (Å²) in [6, 6.07) is -0.556. The minimum absolute atomic E-state index is 0.124. The number of amides is 3. The predicted octanol–water partition coefficient (Wildman–Crippen LogP) is 0.405. The van der Waals surface area contributed by atoms with Crippen LogP contribution in [0.5, 0.6) is 0 Å². The molecule has 1 aliphatic rings. The van der Waals surface area contributed by atoms with E-state index >= 15 is 0 Å². The molecule has 0 aliphatic carbocycles.